The van der Waals surface area contributed by atoms with Gasteiger partial charge in [-0.1, -0.05) is 0 Å². The van der Waals surface area contributed by atoms with E-state index >= 15 is 0 Å². The van der Waals surface area contributed by atoms with Crippen LogP contribution >= 0.6 is 0 Å². The van der Waals surface area contributed by atoms with E-state index in [0.717, 1.165) is 5.56 Å². The number of anilines is 2. The fourth-order valence-electron chi connectivity index (χ4n) is 3.79. The van der Waals surface area contributed by atoms with Crippen LogP contribution in [0.1, 0.15) is 22.8 Å². The molecule has 3 aromatic heterocycles. The van der Waals surface area contributed by atoms with Gasteiger partial charge >= 0.3 is 0 Å². The van der Waals surface area contributed by atoms with Crippen molar-refractivity contribution in [3.05, 3.63) is 41.9 Å². The average Bonchev–Trinajstić information content (AvgIpc) is 3.34. The van der Waals surface area contributed by atoms with Gasteiger partial charge in [0, 0.05) is 37.5 Å². The first-order valence-corrected chi connectivity index (χ1v) is 9.82. The zero-order valence-electron chi connectivity index (χ0n) is 16.5. The van der Waals surface area contributed by atoms with E-state index in [-0.39, 0.29) is 12.5 Å². The fraction of sp³-hybridized carbons (Fsp3) is 0.400. The van der Waals surface area contributed by atoms with E-state index in [0.29, 0.717) is 61.3 Å². The maximum Gasteiger partial charge on any atom is 0.261 e. The zero-order chi connectivity index (χ0) is 20.7. The van der Waals surface area contributed by atoms with Crippen LogP contribution < -0.4 is 15.0 Å². The summed E-state index contributed by atoms with van der Waals surface area (Å²) < 4.78 is 12.9. The van der Waals surface area contributed by atoms with Crippen molar-refractivity contribution < 1.29 is 19.4 Å². The minimum absolute atomic E-state index is 0.119. The van der Waals surface area contributed by atoms with Gasteiger partial charge in [-0.25, -0.2) is 9.50 Å². The molecule has 5 heterocycles. The molecule has 2 aliphatic heterocycles. The standard InChI is InChI=1S/C20H22N6O4/c1-20(12-27)10-13-9-15(17(24-19(13)30-20)25-5-7-29-8-6-25)23-18(28)14-11-22-26-4-2-3-21-16(14)26/h2-4,9,11,27H,5-8,10,12H2,1H3,(H,23,28). The third-order valence-electron chi connectivity index (χ3n) is 5.37. The summed E-state index contributed by atoms with van der Waals surface area (Å²) >= 11 is 0. The van der Waals surface area contributed by atoms with Crippen molar-refractivity contribution >= 4 is 23.1 Å². The van der Waals surface area contributed by atoms with E-state index < -0.39 is 5.60 Å². The lowest BCUT2D eigenvalue weighted by atomic mass is 10.0. The summed E-state index contributed by atoms with van der Waals surface area (Å²) in [6, 6.07) is 3.63. The Morgan fingerprint density at radius 2 is 2.20 bits per heavy atom. The van der Waals surface area contributed by atoms with Crippen LogP contribution in [0.3, 0.4) is 0 Å². The maximum absolute atomic E-state index is 13.1. The third kappa shape index (κ3) is 3.23. The van der Waals surface area contributed by atoms with Crippen LogP contribution in [-0.2, 0) is 11.2 Å². The molecule has 0 aromatic carbocycles. The quantitative estimate of drug-likeness (QED) is 0.652. The lowest BCUT2D eigenvalue weighted by molar-refractivity contribution is 0.0416. The summed E-state index contributed by atoms with van der Waals surface area (Å²) in [5, 5.41) is 16.9. The first kappa shape index (κ1) is 18.8. The number of aromatic nitrogens is 4. The molecule has 0 radical (unpaired) electrons. The molecule has 5 rings (SSSR count). The van der Waals surface area contributed by atoms with Gasteiger partial charge in [0.25, 0.3) is 5.91 Å². The topological polar surface area (TPSA) is 114 Å². The number of rotatable bonds is 4. The van der Waals surface area contributed by atoms with E-state index in [2.05, 4.69) is 20.3 Å². The van der Waals surface area contributed by atoms with Gasteiger partial charge in [-0.15, -0.1) is 0 Å². The predicted molar refractivity (Wildman–Crippen MR) is 108 cm³/mol. The summed E-state index contributed by atoms with van der Waals surface area (Å²) in [6.07, 6.45) is 5.37. The lowest BCUT2D eigenvalue weighted by Gasteiger charge is -2.29. The first-order chi connectivity index (χ1) is 14.6. The van der Waals surface area contributed by atoms with Crippen molar-refractivity contribution in [1.29, 1.82) is 0 Å². The molecular formula is C20H22N6O4. The van der Waals surface area contributed by atoms with Crippen LogP contribution in [0.2, 0.25) is 0 Å². The Morgan fingerprint density at radius 1 is 1.37 bits per heavy atom. The Hall–Kier alpha value is -3.24. The summed E-state index contributed by atoms with van der Waals surface area (Å²) in [5.41, 5.74) is 1.57. The number of nitrogens with one attached hydrogen (secondary N) is 1. The molecule has 10 heteroatoms. The Morgan fingerprint density at radius 3 is 3.00 bits per heavy atom. The predicted octanol–water partition coefficient (Wildman–Crippen LogP) is 0.899. The molecule has 0 aliphatic carbocycles. The minimum atomic E-state index is -0.716. The average molecular weight is 410 g/mol. The minimum Gasteiger partial charge on any atom is -0.468 e. The number of carbonyl (C=O) groups is 1. The fourth-order valence-corrected chi connectivity index (χ4v) is 3.79. The Labute approximate surface area is 172 Å². The van der Waals surface area contributed by atoms with Crippen molar-refractivity contribution in [2.24, 2.45) is 0 Å². The number of hydrogen-bond acceptors (Lipinski definition) is 8. The highest BCUT2D eigenvalue weighted by atomic mass is 16.5. The van der Waals surface area contributed by atoms with E-state index in [9.17, 15) is 9.90 Å². The van der Waals surface area contributed by atoms with Gasteiger partial charge in [-0.05, 0) is 19.1 Å². The number of pyridine rings is 1. The molecule has 0 bridgehead atoms. The summed E-state index contributed by atoms with van der Waals surface area (Å²) in [7, 11) is 0. The first-order valence-electron chi connectivity index (χ1n) is 9.82. The molecular weight excluding hydrogens is 388 g/mol. The van der Waals surface area contributed by atoms with Crippen molar-refractivity contribution in [3.63, 3.8) is 0 Å². The maximum atomic E-state index is 13.1. The van der Waals surface area contributed by atoms with E-state index in [1.165, 1.54) is 6.20 Å². The van der Waals surface area contributed by atoms with Crippen molar-refractivity contribution in [3.8, 4) is 5.88 Å². The normalized spacial score (nSPS) is 20.8. The van der Waals surface area contributed by atoms with Gasteiger partial charge in [0.1, 0.15) is 11.2 Å². The number of carbonyl (C=O) groups excluding carboxylic acids is 1. The van der Waals surface area contributed by atoms with Crippen LogP contribution in [0.4, 0.5) is 11.5 Å². The number of aliphatic hydroxyl groups excluding tert-OH is 1. The number of amides is 1. The van der Waals surface area contributed by atoms with Crippen molar-refractivity contribution in [2.45, 2.75) is 18.9 Å². The summed E-state index contributed by atoms with van der Waals surface area (Å²) in [6.45, 7) is 4.20. The Bertz CT molecular complexity index is 1110. The molecule has 156 valence electrons. The van der Waals surface area contributed by atoms with Gasteiger partial charge in [0.05, 0.1) is 31.7 Å². The Balaban J connectivity index is 1.51. The second kappa shape index (κ2) is 7.22. The molecule has 1 atom stereocenters. The van der Waals surface area contributed by atoms with Crippen LogP contribution in [-0.4, -0.2) is 69.1 Å². The molecule has 0 saturated carbocycles. The van der Waals surface area contributed by atoms with E-state index in [4.69, 9.17) is 14.5 Å². The van der Waals surface area contributed by atoms with E-state index in [1.807, 2.05) is 13.0 Å². The molecule has 1 unspecified atom stereocenters. The second-order valence-electron chi connectivity index (χ2n) is 7.71. The molecule has 0 spiro atoms. The van der Waals surface area contributed by atoms with E-state index in [1.54, 1.807) is 23.0 Å². The molecule has 1 saturated heterocycles. The highest BCUT2D eigenvalue weighted by Crippen LogP contribution is 2.39. The van der Waals surface area contributed by atoms with Crippen molar-refractivity contribution in [1.82, 2.24) is 19.6 Å². The number of aliphatic hydroxyl groups is 1. The number of fused-ring (bicyclic) bond motifs is 2. The molecule has 2 aliphatic rings. The summed E-state index contributed by atoms with van der Waals surface area (Å²) in [5.74, 6) is 0.796. The van der Waals surface area contributed by atoms with Gasteiger partial charge in [-0.3, -0.25) is 4.79 Å². The smallest absolute Gasteiger partial charge is 0.261 e. The number of morpholine rings is 1. The van der Waals surface area contributed by atoms with Gasteiger partial charge < -0.3 is 24.8 Å². The van der Waals surface area contributed by atoms with Gasteiger partial charge in [0.15, 0.2) is 11.5 Å². The summed E-state index contributed by atoms with van der Waals surface area (Å²) in [4.78, 5) is 24.1. The van der Waals surface area contributed by atoms with Crippen molar-refractivity contribution in [2.75, 3.05) is 43.1 Å². The Kier molecular flexibility index (Phi) is 4.52. The van der Waals surface area contributed by atoms with Crippen LogP contribution in [0, 0.1) is 0 Å². The molecule has 3 aromatic rings. The number of ether oxygens (including phenoxy) is 2. The SMILES string of the molecule is CC1(CO)Cc2cc(NC(=O)c3cnn4cccnc34)c(N3CCOCC3)nc2O1. The van der Waals surface area contributed by atoms with Crippen LogP contribution in [0.15, 0.2) is 30.7 Å². The highest BCUT2D eigenvalue weighted by molar-refractivity contribution is 6.09. The number of hydrogen-bond donors (Lipinski definition) is 2. The molecule has 2 N–H and O–H groups in total. The van der Waals surface area contributed by atoms with Gasteiger partial charge in [-0.2, -0.15) is 10.1 Å². The molecule has 1 fully saturated rings. The monoisotopic (exact) mass is 410 g/mol. The van der Waals surface area contributed by atoms with Crippen LogP contribution in [0.25, 0.3) is 5.65 Å². The zero-order valence-corrected chi connectivity index (χ0v) is 16.5. The number of nitrogens with zero attached hydrogens (tertiary/aromatic N) is 5. The molecule has 30 heavy (non-hydrogen) atoms. The highest BCUT2D eigenvalue weighted by Gasteiger charge is 2.37. The lowest BCUT2D eigenvalue weighted by Crippen LogP contribution is -2.37. The third-order valence-corrected chi connectivity index (χ3v) is 5.37. The van der Waals surface area contributed by atoms with Crippen LogP contribution in [0.5, 0.6) is 5.88 Å². The largest absolute Gasteiger partial charge is 0.468 e. The molecule has 1 amide bonds. The van der Waals surface area contributed by atoms with Gasteiger partial charge in [0.2, 0.25) is 5.88 Å². The molecule has 10 nitrogen and oxygen atoms in total. The second-order valence-corrected chi connectivity index (χ2v) is 7.71.